The number of hydrogen-bond acceptors (Lipinski definition) is 2. The van der Waals surface area contributed by atoms with E-state index in [1.807, 2.05) is 37.3 Å². The zero-order valence-corrected chi connectivity index (χ0v) is 12.2. The summed E-state index contributed by atoms with van der Waals surface area (Å²) in [6.45, 7) is 6.65. The van der Waals surface area contributed by atoms with Crippen molar-refractivity contribution < 1.29 is 9.53 Å². The summed E-state index contributed by atoms with van der Waals surface area (Å²) in [5.41, 5.74) is 1.55. The number of carbonyl (C=O) groups is 1. The molecule has 0 aromatic heterocycles. The average molecular weight is 281 g/mol. The highest BCUT2D eigenvalue weighted by Gasteiger charge is 2.15. The molecule has 0 atom stereocenters. The van der Waals surface area contributed by atoms with E-state index in [0.29, 0.717) is 18.7 Å². The van der Waals surface area contributed by atoms with Gasteiger partial charge in [0.2, 0.25) is 0 Å². The number of hydrogen-bond donors (Lipinski definition) is 0. The maximum absolute atomic E-state index is 12.6. The van der Waals surface area contributed by atoms with Crippen molar-refractivity contribution in [2.45, 2.75) is 6.92 Å². The summed E-state index contributed by atoms with van der Waals surface area (Å²) in [7, 11) is 0. The molecule has 0 fully saturated rings. The number of ether oxygens (including phenoxy) is 1. The lowest BCUT2D eigenvalue weighted by Gasteiger charge is -2.21. The smallest absolute Gasteiger partial charge is 0.258 e. The molecule has 3 nitrogen and oxygen atoms in total. The molecular formula is C18H19NO2. The molecule has 0 saturated carbocycles. The third-order valence-electron chi connectivity index (χ3n) is 3.10. The first-order chi connectivity index (χ1) is 10.3. The average Bonchev–Trinajstić information content (AvgIpc) is 2.55. The van der Waals surface area contributed by atoms with Crippen LogP contribution in [-0.2, 0) is 0 Å². The third-order valence-corrected chi connectivity index (χ3v) is 3.10. The van der Waals surface area contributed by atoms with E-state index in [4.69, 9.17) is 4.74 Å². The van der Waals surface area contributed by atoms with E-state index >= 15 is 0 Å². The highest BCUT2D eigenvalue weighted by molar-refractivity contribution is 6.06. The van der Waals surface area contributed by atoms with Gasteiger partial charge in [-0.05, 0) is 43.3 Å². The second-order valence-electron chi connectivity index (χ2n) is 4.51. The fourth-order valence-electron chi connectivity index (χ4n) is 2.06. The van der Waals surface area contributed by atoms with Crippen LogP contribution in [0.25, 0.3) is 0 Å². The Hall–Kier alpha value is -2.55. The number of benzene rings is 2. The van der Waals surface area contributed by atoms with Gasteiger partial charge in [-0.3, -0.25) is 4.79 Å². The van der Waals surface area contributed by atoms with Crippen molar-refractivity contribution >= 4 is 11.6 Å². The molecule has 0 spiro atoms. The summed E-state index contributed by atoms with van der Waals surface area (Å²) < 4.78 is 5.42. The van der Waals surface area contributed by atoms with Crippen LogP contribution in [0.2, 0.25) is 0 Å². The number of anilines is 1. The summed E-state index contributed by atoms with van der Waals surface area (Å²) in [4.78, 5) is 14.3. The molecule has 0 N–H and O–H groups in total. The Bertz CT molecular complexity index is 590. The second-order valence-corrected chi connectivity index (χ2v) is 4.51. The predicted octanol–water partition coefficient (Wildman–Crippen LogP) is 3.92. The van der Waals surface area contributed by atoms with Crippen LogP contribution in [0.1, 0.15) is 17.3 Å². The second kappa shape index (κ2) is 7.29. The maximum Gasteiger partial charge on any atom is 0.258 e. The summed E-state index contributed by atoms with van der Waals surface area (Å²) in [6, 6.07) is 16.8. The lowest BCUT2D eigenvalue weighted by molar-refractivity contribution is 0.0988. The highest BCUT2D eigenvalue weighted by Crippen LogP contribution is 2.18. The summed E-state index contributed by atoms with van der Waals surface area (Å²) in [6.07, 6.45) is 1.69. The monoisotopic (exact) mass is 281 g/mol. The van der Waals surface area contributed by atoms with Crippen molar-refractivity contribution in [3.05, 3.63) is 72.8 Å². The van der Waals surface area contributed by atoms with Crippen LogP contribution in [-0.4, -0.2) is 19.1 Å². The van der Waals surface area contributed by atoms with Crippen molar-refractivity contribution in [1.29, 1.82) is 0 Å². The Morgan fingerprint density at radius 1 is 1.14 bits per heavy atom. The first-order valence-electron chi connectivity index (χ1n) is 6.97. The lowest BCUT2D eigenvalue weighted by atomic mass is 10.1. The molecule has 108 valence electrons. The van der Waals surface area contributed by atoms with Gasteiger partial charge in [0.15, 0.2) is 0 Å². The Morgan fingerprint density at radius 2 is 1.81 bits per heavy atom. The molecule has 0 aliphatic heterocycles. The van der Waals surface area contributed by atoms with Gasteiger partial charge in [-0.15, -0.1) is 0 Å². The Kier molecular flexibility index (Phi) is 5.16. The molecule has 0 saturated heterocycles. The van der Waals surface area contributed by atoms with Crippen molar-refractivity contribution in [1.82, 2.24) is 0 Å². The summed E-state index contributed by atoms with van der Waals surface area (Å²) >= 11 is 0. The van der Waals surface area contributed by atoms with Crippen LogP contribution in [0.3, 0.4) is 0 Å². The number of carbonyl (C=O) groups excluding carboxylic acids is 1. The SMILES string of the molecule is C=CCOc1ccc(C(=O)N(CC)c2ccccc2)cc1. The maximum atomic E-state index is 12.6. The Labute approximate surface area is 125 Å². The minimum absolute atomic E-state index is 0.0148. The van der Waals surface area contributed by atoms with E-state index in [2.05, 4.69) is 6.58 Å². The van der Waals surface area contributed by atoms with Gasteiger partial charge >= 0.3 is 0 Å². The molecule has 2 rings (SSSR count). The van der Waals surface area contributed by atoms with Gasteiger partial charge in [0.05, 0.1) is 0 Å². The van der Waals surface area contributed by atoms with E-state index in [9.17, 15) is 4.79 Å². The number of amides is 1. The van der Waals surface area contributed by atoms with Gasteiger partial charge in [-0.2, -0.15) is 0 Å². The molecule has 0 heterocycles. The molecule has 1 amide bonds. The van der Waals surface area contributed by atoms with Crippen molar-refractivity contribution in [3.63, 3.8) is 0 Å². The van der Waals surface area contributed by atoms with Crippen LogP contribution >= 0.6 is 0 Å². The fraction of sp³-hybridized carbons (Fsp3) is 0.167. The number of para-hydroxylation sites is 1. The molecule has 2 aromatic carbocycles. The minimum atomic E-state index is -0.0148. The topological polar surface area (TPSA) is 29.5 Å². The number of rotatable bonds is 6. The molecule has 0 aliphatic carbocycles. The zero-order valence-electron chi connectivity index (χ0n) is 12.2. The minimum Gasteiger partial charge on any atom is -0.490 e. The van der Waals surface area contributed by atoms with Gasteiger partial charge in [0, 0.05) is 17.8 Å². The summed E-state index contributed by atoms with van der Waals surface area (Å²) in [5.74, 6) is 0.716. The molecule has 0 bridgehead atoms. The van der Waals surface area contributed by atoms with Crippen LogP contribution in [0.4, 0.5) is 5.69 Å². The first kappa shape index (κ1) is 14.9. The van der Waals surface area contributed by atoms with E-state index in [1.165, 1.54) is 0 Å². The molecule has 3 heteroatoms. The lowest BCUT2D eigenvalue weighted by Crippen LogP contribution is -2.30. The van der Waals surface area contributed by atoms with Gasteiger partial charge in [0.25, 0.3) is 5.91 Å². The Balaban J connectivity index is 2.16. The molecular weight excluding hydrogens is 262 g/mol. The van der Waals surface area contributed by atoms with Crippen LogP contribution in [0, 0.1) is 0 Å². The molecule has 0 aliphatic rings. The van der Waals surface area contributed by atoms with E-state index in [0.717, 1.165) is 11.4 Å². The largest absolute Gasteiger partial charge is 0.490 e. The van der Waals surface area contributed by atoms with Gasteiger partial charge in [0.1, 0.15) is 12.4 Å². The molecule has 21 heavy (non-hydrogen) atoms. The number of nitrogens with zero attached hydrogens (tertiary/aromatic N) is 1. The van der Waals surface area contributed by atoms with Gasteiger partial charge < -0.3 is 9.64 Å². The van der Waals surface area contributed by atoms with Crippen molar-refractivity contribution in [2.24, 2.45) is 0 Å². The fourth-order valence-corrected chi connectivity index (χ4v) is 2.06. The van der Waals surface area contributed by atoms with E-state index in [1.54, 1.807) is 35.2 Å². The third kappa shape index (κ3) is 3.72. The summed E-state index contributed by atoms with van der Waals surface area (Å²) in [5, 5.41) is 0. The quantitative estimate of drug-likeness (QED) is 0.751. The predicted molar refractivity (Wildman–Crippen MR) is 85.9 cm³/mol. The zero-order chi connectivity index (χ0) is 15.1. The van der Waals surface area contributed by atoms with Crippen LogP contribution in [0.5, 0.6) is 5.75 Å². The van der Waals surface area contributed by atoms with Crippen LogP contribution in [0.15, 0.2) is 67.3 Å². The van der Waals surface area contributed by atoms with E-state index in [-0.39, 0.29) is 5.91 Å². The normalized spacial score (nSPS) is 9.95. The molecule has 0 unspecified atom stereocenters. The Morgan fingerprint density at radius 3 is 2.38 bits per heavy atom. The first-order valence-corrected chi connectivity index (χ1v) is 6.97. The highest BCUT2D eigenvalue weighted by atomic mass is 16.5. The van der Waals surface area contributed by atoms with Gasteiger partial charge in [-0.1, -0.05) is 30.9 Å². The van der Waals surface area contributed by atoms with Crippen LogP contribution < -0.4 is 9.64 Å². The van der Waals surface area contributed by atoms with Crippen molar-refractivity contribution in [2.75, 3.05) is 18.1 Å². The standard InChI is InChI=1S/C18H19NO2/c1-3-14-21-17-12-10-15(11-13-17)18(20)19(4-2)16-8-6-5-7-9-16/h3,5-13H,1,4,14H2,2H3. The molecule has 0 radical (unpaired) electrons. The van der Waals surface area contributed by atoms with Gasteiger partial charge in [-0.25, -0.2) is 0 Å². The van der Waals surface area contributed by atoms with E-state index < -0.39 is 0 Å². The molecule has 2 aromatic rings. The van der Waals surface area contributed by atoms with Crippen molar-refractivity contribution in [3.8, 4) is 5.75 Å².